The molecule has 1 aromatic carbocycles. The molecule has 1 heterocycles. The van der Waals surface area contributed by atoms with E-state index >= 15 is 0 Å². The van der Waals surface area contributed by atoms with Gasteiger partial charge in [-0.1, -0.05) is 0 Å². The van der Waals surface area contributed by atoms with E-state index in [2.05, 4.69) is 5.32 Å². The molecule has 0 spiro atoms. The Bertz CT molecular complexity index is 487. The molecule has 2 N–H and O–H groups in total. The quantitative estimate of drug-likeness (QED) is 0.701. The Hall–Kier alpha value is -2.06. The lowest BCUT2D eigenvalue weighted by Crippen LogP contribution is -3.10. The van der Waals surface area contributed by atoms with E-state index in [0.717, 1.165) is 13.0 Å². The van der Waals surface area contributed by atoms with E-state index < -0.39 is 0 Å². The van der Waals surface area contributed by atoms with Gasteiger partial charge in [0.2, 0.25) is 0 Å². The maximum Gasteiger partial charge on any atom is 0.257 e. The van der Waals surface area contributed by atoms with Crippen molar-refractivity contribution in [3.05, 3.63) is 29.8 Å². The molecule has 0 unspecified atom stereocenters. The second-order valence-electron chi connectivity index (χ2n) is 5.34. The first-order valence-corrected chi connectivity index (χ1v) is 7.51. The fourth-order valence-corrected chi connectivity index (χ4v) is 2.52. The van der Waals surface area contributed by atoms with Gasteiger partial charge in [0.1, 0.15) is 5.75 Å². The summed E-state index contributed by atoms with van der Waals surface area (Å²) in [6, 6.07) is 8.78. The number of hydrogen-bond acceptors (Lipinski definition) is 3. The predicted molar refractivity (Wildman–Crippen MR) is 79.1 cm³/mol. The van der Waals surface area contributed by atoms with E-state index in [1.54, 1.807) is 29.2 Å². The minimum atomic E-state index is -0.101. The van der Waals surface area contributed by atoms with Crippen molar-refractivity contribution in [1.29, 1.82) is 5.26 Å². The lowest BCUT2D eigenvalue weighted by Gasteiger charge is -2.12. The molecular weight excluding hydrogens is 266 g/mol. The summed E-state index contributed by atoms with van der Waals surface area (Å²) >= 11 is 0. The van der Waals surface area contributed by atoms with E-state index in [0.29, 0.717) is 17.9 Å². The van der Waals surface area contributed by atoms with Gasteiger partial charge in [0.05, 0.1) is 31.3 Å². The van der Waals surface area contributed by atoms with Crippen LogP contribution in [0.25, 0.3) is 0 Å². The van der Waals surface area contributed by atoms with Crippen LogP contribution < -0.4 is 15.0 Å². The molecule has 1 saturated heterocycles. The Kier molecular flexibility index (Phi) is 6.04. The first-order valence-electron chi connectivity index (χ1n) is 7.51. The van der Waals surface area contributed by atoms with Crippen LogP contribution in [0.5, 0.6) is 5.75 Å². The lowest BCUT2D eigenvalue weighted by atomic mass is 10.2. The summed E-state index contributed by atoms with van der Waals surface area (Å²) in [5, 5.41) is 11.6. The maximum atomic E-state index is 11.6. The van der Waals surface area contributed by atoms with E-state index in [4.69, 9.17) is 10.00 Å². The van der Waals surface area contributed by atoms with Crippen LogP contribution in [-0.2, 0) is 4.79 Å². The zero-order valence-electron chi connectivity index (χ0n) is 12.2. The molecule has 0 atom stereocenters. The van der Waals surface area contributed by atoms with Gasteiger partial charge in [0.15, 0.2) is 6.61 Å². The van der Waals surface area contributed by atoms with Gasteiger partial charge in [-0.3, -0.25) is 4.79 Å². The van der Waals surface area contributed by atoms with Gasteiger partial charge >= 0.3 is 0 Å². The third kappa shape index (κ3) is 5.44. The van der Waals surface area contributed by atoms with Gasteiger partial charge in [-0.05, 0) is 24.3 Å². The van der Waals surface area contributed by atoms with Crippen LogP contribution in [0.4, 0.5) is 0 Å². The average molecular weight is 288 g/mol. The Morgan fingerprint density at radius 3 is 2.67 bits per heavy atom. The summed E-state index contributed by atoms with van der Waals surface area (Å²) in [6.45, 7) is 4.41. The number of ether oxygens (including phenoxy) is 1. The Morgan fingerprint density at radius 1 is 1.29 bits per heavy atom. The second-order valence-corrected chi connectivity index (χ2v) is 5.34. The first kappa shape index (κ1) is 15.3. The van der Waals surface area contributed by atoms with Crippen LogP contribution in [-0.4, -0.2) is 38.7 Å². The molecule has 1 aromatic rings. The number of benzene rings is 1. The highest BCUT2D eigenvalue weighted by Crippen LogP contribution is 2.11. The monoisotopic (exact) mass is 288 g/mol. The third-order valence-corrected chi connectivity index (χ3v) is 3.69. The van der Waals surface area contributed by atoms with Gasteiger partial charge in [0, 0.05) is 25.8 Å². The van der Waals surface area contributed by atoms with Gasteiger partial charge in [-0.2, -0.15) is 5.26 Å². The molecule has 0 radical (unpaired) electrons. The Labute approximate surface area is 125 Å². The Morgan fingerprint density at radius 2 is 2.00 bits per heavy atom. The maximum absolute atomic E-state index is 11.6. The molecule has 0 saturated carbocycles. The number of carbonyl (C=O) groups excluding carboxylic acids is 1. The highest BCUT2D eigenvalue weighted by atomic mass is 16.5. The van der Waals surface area contributed by atoms with Crippen LogP contribution in [0.2, 0.25) is 0 Å². The fraction of sp³-hybridized carbons (Fsp3) is 0.500. The number of amides is 1. The molecule has 0 aromatic heterocycles. The zero-order chi connectivity index (χ0) is 14.9. The summed E-state index contributed by atoms with van der Waals surface area (Å²) in [7, 11) is 0. The number of carbonyl (C=O) groups is 1. The molecule has 1 aliphatic rings. The second kappa shape index (κ2) is 8.28. The number of nitrogens with one attached hydrogen (secondary N) is 2. The minimum Gasteiger partial charge on any atom is -0.484 e. The predicted octanol–water partition coefficient (Wildman–Crippen LogP) is 0.122. The highest BCUT2D eigenvalue weighted by molar-refractivity contribution is 5.77. The van der Waals surface area contributed by atoms with Crippen LogP contribution in [0.15, 0.2) is 24.3 Å². The largest absolute Gasteiger partial charge is 0.484 e. The number of quaternary nitrogens is 1. The molecule has 5 heteroatoms. The summed E-state index contributed by atoms with van der Waals surface area (Å²) in [4.78, 5) is 13.3. The molecule has 2 rings (SSSR count). The van der Waals surface area contributed by atoms with E-state index in [-0.39, 0.29) is 12.5 Å². The van der Waals surface area contributed by atoms with Crippen molar-refractivity contribution in [2.45, 2.75) is 19.3 Å². The first-order chi connectivity index (χ1) is 10.3. The number of hydrogen-bond donors (Lipinski definition) is 2. The third-order valence-electron chi connectivity index (χ3n) is 3.69. The number of likely N-dealkylation sites (tertiary alicyclic amines) is 1. The fourth-order valence-electron chi connectivity index (χ4n) is 2.52. The van der Waals surface area contributed by atoms with Crippen molar-refractivity contribution in [3.8, 4) is 11.8 Å². The van der Waals surface area contributed by atoms with Gasteiger partial charge in [-0.15, -0.1) is 0 Å². The van der Waals surface area contributed by atoms with Crippen molar-refractivity contribution in [1.82, 2.24) is 5.32 Å². The molecule has 0 aliphatic carbocycles. The standard InChI is InChI=1S/C16H21N3O2/c17-12-14-4-6-15(7-5-14)21-13-16(20)18-8-3-11-19-9-1-2-10-19/h4-7H,1-3,8-11,13H2,(H,18,20)/p+1. The summed E-state index contributed by atoms with van der Waals surface area (Å²) in [5.74, 6) is 0.501. The number of rotatable bonds is 7. The Balaban J connectivity index is 1.57. The van der Waals surface area contributed by atoms with E-state index in [9.17, 15) is 4.79 Å². The van der Waals surface area contributed by atoms with Gasteiger partial charge in [0.25, 0.3) is 5.91 Å². The van der Waals surface area contributed by atoms with Crippen molar-refractivity contribution in [2.75, 3.05) is 32.8 Å². The molecule has 0 bridgehead atoms. The summed E-state index contributed by atoms with van der Waals surface area (Å²) < 4.78 is 5.37. The lowest BCUT2D eigenvalue weighted by molar-refractivity contribution is -0.887. The topological polar surface area (TPSA) is 66.6 Å². The highest BCUT2D eigenvalue weighted by Gasteiger charge is 2.14. The van der Waals surface area contributed by atoms with Crippen molar-refractivity contribution >= 4 is 5.91 Å². The van der Waals surface area contributed by atoms with Gasteiger partial charge < -0.3 is 15.0 Å². The minimum absolute atomic E-state index is 0.0163. The molecule has 1 amide bonds. The number of nitriles is 1. The van der Waals surface area contributed by atoms with Crippen molar-refractivity contribution in [3.63, 3.8) is 0 Å². The van der Waals surface area contributed by atoms with Crippen LogP contribution in [0.3, 0.4) is 0 Å². The average Bonchev–Trinajstić information content (AvgIpc) is 3.03. The zero-order valence-corrected chi connectivity index (χ0v) is 12.2. The molecule has 21 heavy (non-hydrogen) atoms. The van der Waals surface area contributed by atoms with Crippen molar-refractivity contribution in [2.24, 2.45) is 0 Å². The van der Waals surface area contributed by atoms with Crippen molar-refractivity contribution < 1.29 is 14.4 Å². The molecule has 1 aliphatic heterocycles. The van der Waals surface area contributed by atoms with Crippen LogP contribution in [0, 0.1) is 11.3 Å². The number of nitrogens with zero attached hydrogens (tertiary/aromatic N) is 1. The molecule has 5 nitrogen and oxygen atoms in total. The van der Waals surface area contributed by atoms with E-state index in [1.165, 1.54) is 25.9 Å². The molecule has 112 valence electrons. The van der Waals surface area contributed by atoms with E-state index in [1.807, 2.05) is 6.07 Å². The summed E-state index contributed by atoms with van der Waals surface area (Å²) in [6.07, 6.45) is 3.68. The summed E-state index contributed by atoms with van der Waals surface area (Å²) in [5.41, 5.74) is 0.580. The normalized spacial score (nSPS) is 14.6. The molecular formula is C16H22N3O2+. The van der Waals surface area contributed by atoms with Gasteiger partial charge in [-0.25, -0.2) is 0 Å². The smallest absolute Gasteiger partial charge is 0.257 e. The van der Waals surface area contributed by atoms with Crippen LogP contribution >= 0.6 is 0 Å². The SMILES string of the molecule is N#Cc1ccc(OCC(=O)NCCC[NH+]2CCCC2)cc1. The van der Waals surface area contributed by atoms with Crippen LogP contribution in [0.1, 0.15) is 24.8 Å². The molecule has 1 fully saturated rings.